The summed E-state index contributed by atoms with van der Waals surface area (Å²) in [5.41, 5.74) is 0.683. The number of amides is 1. The highest BCUT2D eigenvalue weighted by Gasteiger charge is 2.34. The Morgan fingerprint density at radius 1 is 1.06 bits per heavy atom. The lowest BCUT2D eigenvalue weighted by atomic mass is 9.74. The van der Waals surface area contributed by atoms with Crippen LogP contribution in [-0.2, 0) is 14.9 Å². The number of hydrogen-bond donors (Lipinski definition) is 3. The summed E-state index contributed by atoms with van der Waals surface area (Å²) in [5.74, 6) is 1.62. The van der Waals surface area contributed by atoms with Crippen LogP contribution in [0.15, 0.2) is 29.3 Å². The predicted octanol–water partition coefficient (Wildman–Crippen LogP) is 3.83. The Balaban J connectivity index is 0.00000544. The van der Waals surface area contributed by atoms with E-state index >= 15 is 0 Å². The van der Waals surface area contributed by atoms with Gasteiger partial charge in [-0.05, 0) is 65.2 Å². The lowest BCUT2D eigenvalue weighted by Gasteiger charge is -2.36. The molecule has 9 heteroatoms. The molecular formula is C24H41IN4O4. The van der Waals surface area contributed by atoms with Gasteiger partial charge < -0.3 is 30.2 Å². The first-order valence-electron chi connectivity index (χ1n) is 11.6. The topological polar surface area (TPSA) is 93.2 Å². The number of aliphatic imine (C=N–C) groups is 1. The van der Waals surface area contributed by atoms with Crippen LogP contribution in [0.3, 0.4) is 0 Å². The molecule has 1 aliphatic heterocycles. The minimum absolute atomic E-state index is 0. The molecule has 0 saturated carbocycles. The number of nitrogens with zero attached hydrogens (tertiary/aromatic N) is 1. The van der Waals surface area contributed by atoms with Crippen LogP contribution >= 0.6 is 24.0 Å². The van der Waals surface area contributed by atoms with Crippen molar-refractivity contribution in [1.82, 2.24) is 16.0 Å². The third-order valence-electron chi connectivity index (χ3n) is 5.20. The Bertz CT molecular complexity index is 729. The number of benzene rings is 1. The number of halogens is 1. The highest BCUT2D eigenvalue weighted by Crippen LogP contribution is 2.36. The van der Waals surface area contributed by atoms with Crippen molar-refractivity contribution in [2.45, 2.75) is 58.5 Å². The van der Waals surface area contributed by atoms with Gasteiger partial charge in [-0.3, -0.25) is 4.99 Å². The van der Waals surface area contributed by atoms with Gasteiger partial charge in [0.25, 0.3) is 0 Å². The summed E-state index contributed by atoms with van der Waals surface area (Å²) in [4.78, 5) is 16.7. The molecule has 0 radical (unpaired) electrons. The third kappa shape index (κ3) is 10.4. The monoisotopic (exact) mass is 576 g/mol. The summed E-state index contributed by atoms with van der Waals surface area (Å²) in [6.07, 6.45) is 1.42. The molecule has 0 aromatic heterocycles. The minimum atomic E-state index is -0.507. The number of carbonyl (C=O) groups excluding carboxylic acids is 1. The van der Waals surface area contributed by atoms with Gasteiger partial charge in [-0.2, -0.15) is 0 Å². The first kappa shape index (κ1) is 29.3. The van der Waals surface area contributed by atoms with E-state index in [4.69, 9.17) is 19.2 Å². The number of ether oxygens (including phenoxy) is 3. The number of carbonyl (C=O) groups is 1. The fourth-order valence-electron chi connectivity index (χ4n) is 3.60. The number of guanidine groups is 1. The van der Waals surface area contributed by atoms with E-state index < -0.39 is 11.7 Å². The Hall–Kier alpha value is -1.75. The van der Waals surface area contributed by atoms with Crippen molar-refractivity contribution in [3.8, 4) is 5.75 Å². The molecule has 0 unspecified atom stereocenters. The predicted molar refractivity (Wildman–Crippen MR) is 143 cm³/mol. The van der Waals surface area contributed by atoms with Gasteiger partial charge in [0, 0.05) is 38.3 Å². The molecule has 1 aromatic carbocycles. The molecule has 1 aliphatic rings. The van der Waals surface area contributed by atoms with Gasteiger partial charge in [0.1, 0.15) is 11.4 Å². The van der Waals surface area contributed by atoms with Crippen LogP contribution in [0.5, 0.6) is 5.75 Å². The quantitative estimate of drug-likeness (QED) is 0.179. The number of nitrogens with one attached hydrogen (secondary N) is 3. The lowest BCUT2D eigenvalue weighted by molar-refractivity contribution is 0.0527. The van der Waals surface area contributed by atoms with Crippen molar-refractivity contribution in [2.24, 2.45) is 4.99 Å². The molecule has 1 heterocycles. The fraction of sp³-hybridized carbons (Fsp3) is 0.667. The van der Waals surface area contributed by atoms with Crippen LogP contribution in [0.1, 0.15) is 53.0 Å². The second kappa shape index (κ2) is 14.5. The standard InChI is InChI=1S/C24H40N4O4.HI/c1-6-25-21(26-14-15-27-22(29)32-23(3,4)5)28-18-24(12-16-30-17-13-24)19-8-10-20(11-9-19)31-7-2;/h8-11H,6-7,12-18H2,1-5H3,(H,27,29)(H2,25,26,28);1H. The van der Waals surface area contributed by atoms with Gasteiger partial charge in [-0.1, -0.05) is 12.1 Å². The first-order valence-corrected chi connectivity index (χ1v) is 11.6. The van der Waals surface area contributed by atoms with E-state index in [9.17, 15) is 4.79 Å². The maximum atomic E-state index is 11.8. The summed E-state index contributed by atoms with van der Waals surface area (Å²) in [7, 11) is 0. The van der Waals surface area contributed by atoms with Crippen LogP contribution in [0.4, 0.5) is 4.79 Å². The smallest absolute Gasteiger partial charge is 0.407 e. The van der Waals surface area contributed by atoms with E-state index in [1.165, 1.54) is 5.56 Å². The lowest BCUT2D eigenvalue weighted by Crippen LogP contribution is -2.44. The van der Waals surface area contributed by atoms with Crippen molar-refractivity contribution in [1.29, 1.82) is 0 Å². The molecule has 0 aliphatic carbocycles. The highest BCUT2D eigenvalue weighted by molar-refractivity contribution is 14.0. The van der Waals surface area contributed by atoms with Crippen molar-refractivity contribution in [3.63, 3.8) is 0 Å². The van der Waals surface area contributed by atoms with Crippen LogP contribution in [0.2, 0.25) is 0 Å². The van der Waals surface area contributed by atoms with Crippen molar-refractivity contribution < 1.29 is 19.0 Å². The molecule has 8 nitrogen and oxygen atoms in total. The van der Waals surface area contributed by atoms with Crippen molar-refractivity contribution >= 4 is 36.0 Å². The second-order valence-corrected chi connectivity index (χ2v) is 8.90. The van der Waals surface area contributed by atoms with E-state index in [1.807, 2.05) is 46.8 Å². The molecule has 188 valence electrons. The first-order chi connectivity index (χ1) is 15.3. The van der Waals surface area contributed by atoms with Gasteiger partial charge >= 0.3 is 6.09 Å². The van der Waals surface area contributed by atoms with Gasteiger partial charge in [0.2, 0.25) is 0 Å². The molecule has 1 amide bonds. The number of rotatable bonds is 9. The average molecular weight is 577 g/mol. The van der Waals surface area contributed by atoms with Crippen LogP contribution in [-0.4, -0.2) is 63.7 Å². The van der Waals surface area contributed by atoms with Crippen molar-refractivity contribution in [2.75, 3.05) is 46.0 Å². The van der Waals surface area contributed by atoms with Crippen molar-refractivity contribution in [3.05, 3.63) is 29.8 Å². The Labute approximate surface area is 215 Å². The molecule has 1 saturated heterocycles. The van der Waals surface area contributed by atoms with Gasteiger partial charge in [-0.25, -0.2) is 4.79 Å². The SMILES string of the molecule is CCNC(=NCC1(c2ccc(OCC)cc2)CCOCC1)NCCNC(=O)OC(C)(C)C.I. The van der Waals surface area contributed by atoms with Gasteiger partial charge in [0.05, 0.1) is 13.2 Å². The molecule has 0 bridgehead atoms. The number of hydrogen-bond acceptors (Lipinski definition) is 5. The maximum Gasteiger partial charge on any atom is 0.407 e. The maximum absolute atomic E-state index is 11.8. The molecule has 0 atom stereocenters. The zero-order chi connectivity index (χ0) is 23.5. The van der Waals surface area contributed by atoms with Gasteiger partial charge in [0.15, 0.2) is 5.96 Å². The molecule has 0 spiro atoms. The molecule has 1 fully saturated rings. The van der Waals surface area contributed by atoms with Crippen LogP contribution in [0.25, 0.3) is 0 Å². The zero-order valence-corrected chi connectivity index (χ0v) is 23.0. The van der Waals surface area contributed by atoms with E-state index in [2.05, 4.69) is 28.1 Å². The summed E-state index contributed by atoms with van der Waals surface area (Å²) in [6.45, 7) is 14.1. The molecule has 1 aromatic rings. The molecular weight excluding hydrogens is 535 g/mol. The third-order valence-corrected chi connectivity index (χ3v) is 5.20. The van der Waals surface area contributed by atoms with E-state index in [1.54, 1.807) is 0 Å². The average Bonchev–Trinajstić information content (AvgIpc) is 2.75. The van der Waals surface area contributed by atoms with E-state index in [-0.39, 0.29) is 29.4 Å². The molecule has 3 N–H and O–H groups in total. The summed E-state index contributed by atoms with van der Waals surface area (Å²) in [5, 5.41) is 9.33. The van der Waals surface area contributed by atoms with Crippen LogP contribution < -0.4 is 20.7 Å². The molecule has 33 heavy (non-hydrogen) atoms. The van der Waals surface area contributed by atoms with Gasteiger partial charge in [-0.15, -0.1) is 24.0 Å². The molecule has 2 rings (SSSR count). The largest absolute Gasteiger partial charge is 0.494 e. The summed E-state index contributed by atoms with van der Waals surface area (Å²) >= 11 is 0. The van der Waals surface area contributed by atoms with E-state index in [0.29, 0.717) is 26.2 Å². The van der Waals surface area contributed by atoms with Crippen LogP contribution in [0, 0.1) is 0 Å². The summed E-state index contributed by atoms with van der Waals surface area (Å²) in [6, 6.07) is 8.37. The highest BCUT2D eigenvalue weighted by atomic mass is 127. The Morgan fingerprint density at radius 3 is 2.27 bits per heavy atom. The second-order valence-electron chi connectivity index (χ2n) is 8.90. The normalized spacial score (nSPS) is 15.7. The Morgan fingerprint density at radius 2 is 1.70 bits per heavy atom. The van der Waals surface area contributed by atoms with E-state index in [0.717, 1.165) is 44.3 Å². The summed E-state index contributed by atoms with van der Waals surface area (Å²) < 4.78 is 16.5. The Kier molecular flexibility index (Phi) is 12.9. The fourth-order valence-corrected chi connectivity index (χ4v) is 3.60. The number of alkyl carbamates (subject to hydrolysis) is 1. The minimum Gasteiger partial charge on any atom is -0.494 e. The zero-order valence-electron chi connectivity index (χ0n) is 20.7.